The van der Waals surface area contributed by atoms with Crippen molar-refractivity contribution in [1.29, 1.82) is 0 Å². The van der Waals surface area contributed by atoms with Gasteiger partial charge in [0, 0.05) is 32.5 Å². The van der Waals surface area contributed by atoms with E-state index >= 15 is 0 Å². The van der Waals surface area contributed by atoms with Crippen molar-refractivity contribution < 1.29 is 14.3 Å². The highest BCUT2D eigenvalue weighted by molar-refractivity contribution is 5.97. The number of amides is 2. The Labute approximate surface area is 190 Å². The molecule has 2 aliphatic heterocycles. The monoisotopic (exact) mass is 449 g/mol. The van der Waals surface area contributed by atoms with Crippen LogP contribution in [0.1, 0.15) is 59.5 Å². The van der Waals surface area contributed by atoms with Crippen LogP contribution in [0.15, 0.2) is 35.1 Å². The summed E-state index contributed by atoms with van der Waals surface area (Å²) in [4.78, 5) is 46.7. The van der Waals surface area contributed by atoms with Gasteiger partial charge in [-0.05, 0) is 31.4 Å². The number of rotatable bonds is 3. The van der Waals surface area contributed by atoms with Gasteiger partial charge in [0.25, 0.3) is 11.5 Å². The zero-order valence-corrected chi connectivity index (χ0v) is 18.8. The molecule has 1 saturated heterocycles. The van der Waals surface area contributed by atoms with Gasteiger partial charge in [-0.2, -0.15) is 0 Å². The van der Waals surface area contributed by atoms with Gasteiger partial charge in [0.05, 0.1) is 42.2 Å². The molecule has 33 heavy (non-hydrogen) atoms. The van der Waals surface area contributed by atoms with E-state index in [9.17, 15) is 14.4 Å². The van der Waals surface area contributed by atoms with Crippen molar-refractivity contribution in [2.24, 2.45) is 0 Å². The quantitative estimate of drug-likeness (QED) is 0.661. The number of hydrogen-bond acceptors (Lipinski definition) is 5. The summed E-state index contributed by atoms with van der Waals surface area (Å²) >= 11 is 0. The van der Waals surface area contributed by atoms with Gasteiger partial charge in [0.2, 0.25) is 5.91 Å². The minimum Gasteiger partial charge on any atom is -0.496 e. The minimum absolute atomic E-state index is 0.0509. The van der Waals surface area contributed by atoms with Crippen molar-refractivity contribution >= 4 is 17.5 Å². The second kappa shape index (κ2) is 8.38. The molecule has 0 saturated carbocycles. The molecule has 0 spiro atoms. The standard InChI is InChI=1S/C24H27N5O4/c1-15(30)27-12-10-18-17(14-27)24(32)29-22(25-18)13-19(26-29)20-8-5-6-11-28(20)23(31)16-7-3-4-9-21(16)33-2/h3-4,7,9,13,20,26H,5-6,8,10-12,14H2,1-2H3/t20-/m1/s1. The van der Waals surface area contributed by atoms with Crippen LogP contribution < -0.4 is 10.3 Å². The second-order valence-corrected chi connectivity index (χ2v) is 8.65. The molecule has 172 valence electrons. The highest BCUT2D eigenvalue weighted by atomic mass is 16.5. The van der Waals surface area contributed by atoms with Gasteiger partial charge in [-0.3, -0.25) is 19.5 Å². The van der Waals surface area contributed by atoms with Crippen LogP contribution in [0.4, 0.5) is 0 Å². The van der Waals surface area contributed by atoms with E-state index in [0.717, 1.165) is 30.7 Å². The van der Waals surface area contributed by atoms with Crippen molar-refractivity contribution in [2.75, 3.05) is 20.2 Å². The maximum atomic E-state index is 13.5. The van der Waals surface area contributed by atoms with Crippen molar-refractivity contribution in [3.05, 3.63) is 63.2 Å². The minimum atomic E-state index is -0.192. The van der Waals surface area contributed by atoms with Crippen LogP contribution in [0.3, 0.4) is 0 Å². The molecule has 4 heterocycles. The lowest BCUT2D eigenvalue weighted by Crippen LogP contribution is -2.39. The average molecular weight is 450 g/mol. The van der Waals surface area contributed by atoms with E-state index in [0.29, 0.717) is 42.0 Å². The molecule has 5 rings (SSSR count). The van der Waals surface area contributed by atoms with E-state index in [4.69, 9.17) is 9.72 Å². The van der Waals surface area contributed by atoms with E-state index in [-0.39, 0.29) is 30.0 Å². The van der Waals surface area contributed by atoms with Crippen LogP contribution >= 0.6 is 0 Å². The van der Waals surface area contributed by atoms with Crippen LogP contribution in [-0.2, 0) is 17.8 Å². The second-order valence-electron chi connectivity index (χ2n) is 8.65. The van der Waals surface area contributed by atoms with Crippen LogP contribution in [-0.4, -0.2) is 56.4 Å². The van der Waals surface area contributed by atoms with Crippen molar-refractivity contribution in [3.63, 3.8) is 0 Å². The summed E-state index contributed by atoms with van der Waals surface area (Å²) in [6.07, 6.45) is 3.26. The van der Waals surface area contributed by atoms with E-state index in [2.05, 4.69) is 5.10 Å². The Hall–Kier alpha value is -3.62. The van der Waals surface area contributed by atoms with E-state index in [1.807, 2.05) is 23.1 Å². The maximum Gasteiger partial charge on any atom is 0.277 e. The summed E-state index contributed by atoms with van der Waals surface area (Å²) in [6, 6.07) is 8.91. The third-order valence-electron chi connectivity index (χ3n) is 6.69. The van der Waals surface area contributed by atoms with E-state index < -0.39 is 0 Å². The summed E-state index contributed by atoms with van der Waals surface area (Å²) in [7, 11) is 1.56. The van der Waals surface area contributed by atoms with Crippen molar-refractivity contribution in [1.82, 2.24) is 24.4 Å². The molecule has 1 aromatic carbocycles. The highest BCUT2D eigenvalue weighted by Crippen LogP contribution is 2.33. The third-order valence-corrected chi connectivity index (χ3v) is 6.69. The van der Waals surface area contributed by atoms with Gasteiger partial charge < -0.3 is 14.5 Å². The summed E-state index contributed by atoms with van der Waals surface area (Å²) in [6.45, 7) is 2.97. The molecule has 1 fully saturated rings. The largest absolute Gasteiger partial charge is 0.496 e. The first-order valence-electron chi connectivity index (χ1n) is 11.3. The smallest absolute Gasteiger partial charge is 0.277 e. The predicted octanol–water partition coefficient (Wildman–Crippen LogP) is 2.30. The summed E-state index contributed by atoms with van der Waals surface area (Å²) in [5.74, 6) is 0.404. The number of H-pyrrole nitrogens is 1. The number of benzene rings is 1. The maximum absolute atomic E-state index is 13.5. The normalized spacial score (nSPS) is 18.3. The molecule has 9 nitrogen and oxygen atoms in total. The topological polar surface area (TPSA) is 100 Å². The van der Waals surface area contributed by atoms with Crippen molar-refractivity contribution in [3.8, 4) is 5.75 Å². The fourth-order valence-electron chi connectivity index (χ4n) is 4.91. The molecular formula is C24H27N5O4. The number of carbonyl (C=O) groups excluding carboxylic acids is 2. The number of aromatic nitrogens is 3. The fraction of sp³-hybridized carbons (Fsp3) is 0.417. The van der Waals surface area contributed by atoms with E-state index in [1.54, 1.807) is 24.1 Å². The number of aromatic amines is 1. The summed E-state index contributed by atoms with van der Waals surface area (Å²) in [5.41, 5.74) is 2.96. The van der Waals surface area contributed by atoms with Crippen LogP contribution in [0.5, 0.6) is 5.75 Å². The molecule has 0 unspecified atom stereocenters. The lowest BCUT2D eigenvalue weighted by atomic mass is 9.98. The summed E-state index contributed by atoms with van der Waals surface area (Å²) in [5, 5.41) is 3.21. The Bertz CT molecular complexity index is 1290. The number of nitrogens with zero attached hydrogens (tertiary/aromatic N) is 4. The fourth-order valence-corrected chi connectivity index (χ4v) is 4.91. The molecule has 2 amide bonds. The Balaban J connectivity index is 1.52. The van der Waals surface area contributed by atoms with Gasteiger partial charge in [0.15, 0.2) is 5.65 Å². The van der Waals surface area contributed by atoms with E-state index in [1.165, 1.54) is 11.4 Å². The molecule has 1 N–H and O–H groups in total. The molecule has 3 aromatic rings. The first-order chi connectivity index (χ1) is 16.0. The molecule has 1 atom stereocenters. The molecule has 9 heteroatoms. The lowest BCUT2D eigenvalue weighted by Gasteiger charge is -2.35. The number of ether oxygens (including phenoxy) is 1. The van der Waals surface area contributed by atoms with Crippen molar-refractivity contribution in [2.45, 2.75) is 45.2 Å². The number of hydrogen-bond donors (Lipinski definition) is 1. The number of fused-ring (bicyclic) bond motifs is 2. The van der Waals surface area contributed by atoms with Gasteiger partial charge in [-0.1, -0.05) is 12.1 Å². The van der Waals surface area contributed by atoms with Crippen LogP contribution in [0.2, 0.25) is 0 Å². The zero-order chi connectivity index (χ0) is 23.1. The number of piperidine rings is 1. The Morgan fingerprint density at radius 1 is 1.18 bits per heavy atom. The van der Waals surface area contributed by atoms with Crippen LogP contribution in [0.25, 0.3) is 5.65 Å². The van der Waals surface area contributed by atoms with Gasteiger partial charge >= 0.3 is 0 Å². The predicted molar refractivity (Wildman–Crippen MR) is 121 cm³/mol. The van der Waals surface area contributed by atoms with Gasteiger partial charge in [-0.25, -0.2) is 9.50 Å². The summed E-state index contributed by atoms with van der Waals surface area (Å²) < 4.78 is 6.85. The highest BCUT2D eigenvalue weighted by Gasteiger charge is 2.32. The molecule has 0 bridgehead atoms. The van der Waals surface area contributed by atoms with Gasteiger partial charge in [-0.15, -0.1) is 0 Å². The first-order valence-corrected chi connectivity index (χ1v) is 11.3. The Kier molecular flexibility index (Phi) is 5.39. The Morgan fingerprint density at radius 3 is 2.79 bits per heavy atom. The Morgan fingerprint density at radius 2 is 2.00 bits per heavy atom. The van der Waals surface area contributed by atoms with Gasteiger partial charge in [0.1, 0.15) is 5.75 Å². The average Bonchev–Trinajstić information content (AvgIpc) is 3.27. The molecule has 0 aliphatic carbocycles. The SMILES string of the molecule is COc1ccccc1C(=O)N1CCCC[C@@H]1c1cc2nc3c(c(=O)n2[nH]1)CN(C(C)=O)CC3. The third kappa shape index (κ3) is 3.67. The number of likely N-dealkylation sites (tertiary alicyclic amines) is 1. The molecule has 2 aliphatic rings. The zero-order valence-electron chi connectivity index (χ0n) is 18.8. The number of methoxy groups -OCH3 is 1. The lowest BCUT2D eigenvalue weighted by molar-refractivity contribution is -0.129. The molecular weight excluding hydrogens is 422 g/mol. The molecule has 2 aromatic heterocycles. The number of carbonyl (C=O) groups is 2. The number of nitrogens with one attached hydrogen (secondary N) is 1. The molecule has 0 radical (unpaired) electrons. The van der Waals surface area contributed by atoms with Crippen LogP contribution in [0, 0.1) is 0 Å². The first kappa shape index (κ1) is 21.2. The number of para-hydroxylation sites is 1.